The third kappa shape index (κ3) is 3.89. The van der Waals surface area contributed by atoms with Crippen molar-refractivity contribution in [2.24, 2.45) is 5.73 Å². The Morgan fingerprint density at radius 2 is 2.25 bits per heavy atom. The lowest BCUT2D eigenvalue weighted by molar-refractivity contribution is 0.299. The normalized spacial score (nSPS) is 12.8. The van der Waals surface area contributed by atoms with Crippen LogP contribution < -0.4 is 5.73 Å². The van der Waals surface area contributed by atoms with Gasteiger partial charge in [-0.25, -0.2) is 4.39 Å². The fraction of sp³-hybridized carbons (Fsp3) is 0.615. The highest BCUT2D eigenvalue weighted by molar-refractivity contribution is 5.24. The van der Waals surface area contributed by atoms with Gasteiger partial charge in [-0.15, -0.1) is 0 Å². The number of alkyl halides is 1. The molecule has 1 rings (SSSR count). The number of nitrogens with two attached hydrogens (primary N) is 1. The van der Waals surface area contributed by atoms with E-state index in [9.17, 15) is 4.39 Å². The molecular formula is C13H21FN2. The fourth-order valence-corrected chi connectivity index (χ4v) is 1.73. The molecule has 0 radical (unpaired) electrons. The van der Waals surface area contributed by atoms with E-state index in [0.717, 1.165) is 29.7 Å². The van der Waals surface area contributed by atoms with E-state index in [2.05, 4.69) is 11.1 Å². The first-order valence-electron chi connectivity index (χ1n) is 5.96. The van der Waals surface area contributed by atoms with Crippen LogP contribution in [0, 0.1) is 6.92 Å². The van der Waals surface area contributed by atoms with Crippen LogP contribution in [-0.4, -0.2) is 11.2 Å². The predicted molar refractivity (Wildman–Crippen MR) is 65.0 cm³/mol. The van der Waals surface area contributed by atoms with Crippen molar-refractivity contribution in [3.8, 4) is 0 Å². The molecule has 1 atom stereocenters. The predicted octanol–water partition coefficient (Wildman–Crippen LogP) is 2.92. The van der Waals surface area contributed by atoms with Gasteiger partial charge in [-0.3, -0.25) is 4.98 Å². The maximum atomic E-state index is 13.0. The van der Waals surface area contributed by atoms with Crippen LogP contribution in [0.1, 0.15) is 43.0 Å². The van der Waals surface area contributed by atoms with Crippen LogP contribution in [0.15, 0.2) is 12.3 Å². The van der Waals surface area contributed by atoms with Gasteiger partial charge in [0.25, 0.3) is 0 Å². The number of rotatable bonds is 6. The molecule has 0 aliphatic rings. The molecule has 90 valence electrons. The molecule has 2 nitrogen and oxygen atoms in total. The minimum atomic E-state index is -0.663. The number of hydrogen-bond donors (Lipinski definition) is 1. The molecule has 0 aliphatic carbocycles. The zero-order valence-electron chi connectivity index (χ0n) is 10.2. The second-order valence-electron chi connectivity index (χ2n) is 4.21. The Balaban J connectivity index is 2.48. The molecule has 0 amide bonds. The van der Waals surface area contributed by atoms with Gasteiger partial charge in [0.15, 0.2) is 0 Å². The molecule has 1 unspecified atom stereocenters. The van der Waals surface area contributed by atoms with Gasteiger partial charge in [0.1, 0.15) is 0 Å². The molecule has 1 aromatic rings. The van der Waals surface area contributed by atoms with Gasteiger partial charge in [0.2, 0.25) is 0 Å². The summed E-state index contributed by atoms with van der Waals surface area (Å²) in [5, 5.41) is 0. The fourth-order valence-electron chi connectivity index (χ4n) is 1.73. The monoisotopic (exact) mass is 224 g/mol. The first kappa shape index (κ1) is 13.1. The molecular weight excluding hydrogens is 203 g/mol. The zero-order chi connectivity index (χ0) is 12.0. The lowest BCUT2D eigenvalue weighted by Crippen LogP contribution is -2.03. The maximum Gasteiger partial charge on any atom is 0.0999 e. The Kier molecular flexibility index (Phi) is 5.39. The van der Waals surface area contributed by atoms with Gasteiger partial charge in [0, 0.05) is 18.4 Å². The lowest BCUT2D eigenvalue weighted by atomic mass is 10.1. The molecule has 1 heterocycles. The topological polar surface area (TPSA) is 38.9 Å². The number of halogens is 1. The summed E-state index contributed by atoms with van der Waals surface area (Å²) in [7, 11) is 0. The van der Waals surface area contributed by atoms with Crippen LogP contribution >= 0.6 is 0 Å². The second-order valence-corrected chi connectivity index (χ2v) is 4.21. The molecule has 16 heavy (non-hydrogen) atoms. The number of pyridine rings is 1. The van der Waals surface area contributed by atoms with Crippen molar-refractivity contribution < 1.29 is 4.39 Å². The highest BCUT2D eigenvalue weighted by atomic mass is 19.1. The Hall–Kier alpha value is -0.960. The molecule has 0 bridgehead atoms. The maximum absolute atomic E-state index is 13.0. The third-order valence-corrected chi connectivity index (χ3v) is 2.85. The average Bonchev–Trinajstić information content (AvgIpc) is 2.30. The molecule has 0 aromatic carbocycles. The largest absolute Gasteiger partial charge is 0.326 e. The van der Waals surface area contributed by atoms with Crippen LogP contribution in [0.3, 0.4) is 0 Å². The molecule has 1 aromatic heterocycles. The Morgan fingerprint density at radius 1 is 1.50 bits per heavy atom. The molecule has 3 heteroatoms. The van der Waals surface area contributed by atoms with Gasteiger partial charge in [-0.05, 0) is 43.7 Å². The van der Waals surface area contributed by atoms with Gasteiger partial charge in [0.05, 0.1) is 6.17 Å². The molecule has 0 saturated heterocycles. The first-order chi connectivity index (χ1) is 7.67. The van der Waals surface area contributed by atoms with E-state index in [1.165, 1.54) is 0 Å². The van der Waals surface area contributed by atoms with Crippen molar-refractivity contribution in [3.05, 3.63) is 29.1 Å². The molecule has 0 saturated carbocycles. The summed E-state index contributed by atoms with van der Waals surface area (Å²) < 4.78 is 13.0. The number of aryl methyl sites for hydroxylation is 2. The van der Waals surface area contributed by atoms with Crippen molar-refractivity contribution in [1.82, 2.24) is 4.98 Å². The summed E-state index contributed by atoms with van der Waals surface area (Å²) in [6.45, 7) is 4.44. The summed E-state index contributed by atoms with van der Waals surface area (Å²) in [6, 6.07) is 2.06. The van der Waals surface area contributed by atoms with Gasteiger partial charge < -0.3 is 5.73 Å². The van der Waals surface area contributed by atoms with E-state index in [-0.39, 0.29) is 0 Å². The minimum Gasteiger partial charge on any atom is -0.326 e. The Morgan fingerprint density at radius 3 is 2.81 bits per heavy atom. The lowest BCUT2D eigenvalue weighted by Gasteiger charge is -2.08. The average molecular weight is 224 g/mol. The van der Waals surface area contributed by atoms with Crippen molar-refractivity contribution in [1.29, 1.82) is 0 Å². The quantitative estimate of drug-likeness (QED) is 0.807. The Labute approximate surface area is 97.1 Å². The number of hydrogen-bond acceptors (Lipinski definition) is 2. The third-order valence-electron chi connectivity index (χ3n) is 2.85. The summed E-state index contributed by atoms with van der Waals surface area (Å²) >= 11 is 0. The summed E-state index contributed by atoms with van der Waals surface area (Å²) in [5.41, 5.74) is 8.82. The molecule has 2 N–H and O–H groups in total. The van der Waals surface area contributed by atoms with Gasteiger partial charge in [-0.1, -0.05) is 13.0 Å². The number of nitrogens with zero attached hydrogens (tertiary/aromatic N) is 1. The van der Waals surface area contributed by atoms with E-state index in [1.807, 2.05) is 20.0 Å². The van der Waals surface area contributed by atoms with E-state index in [0.29, 0.717) is 19.4 Å². The second kappa shape index (κ2) is 6.59. The van der Waals surface area contributed by atoms with Crippen molar-refractivity contribution in [3.63, 3.8) is 0 Å². The SMILES string of the molecule is CCC(F)CCCc1ncc(CN)cc1C. The van der Waals surface area contributed by atoms with E-state index in [4.69, 9.17) is 5.73 Å². The van der Waals surface area contributed by atoms with Gasteiger partial charge in [-0.2, -0.15) is 0 Å². The first-order valence-corrected chi connectivity index (χ1v) is 5.96. The molecule has 0 aliphatic heterocycles. The molecule has 0 fully saturated rings. The van der Waals surface area contributed by atoms with Crippen LogP contribution in [0.4, 0.5) is 4.39 Å². The molecule has 0 spiro atoms. The van der Waals surface area contributed by atoms with Crippen LogP contribution in [0.25, 0.3) is 0 Å². The van der Waals surface area contributed by atoms with Crippen LogP contribution in [0.5, 0.6) is 0 Å². The van der Waals surface area contributed by atoms with Crippen LogP contribution in [0.2, 0.25) is 0 Å². The van der Waals surface area contributed by atoms with Crippen molar-refractivity contribution >= 4 is 0 Å². The van der Waals surface area contributed by atoms with Gasteiger partial charge >= 0.3 is 0 Å². The standard InChI is InChI=1S/C13H21FN2/c1-3-12(14)5-4-6-13-10(2)7-11(8-15)9-16-13/h7,9,12H,3-6,8,15H2,1-2H3. The smallest absolute Gasteiger partial charge is 0.0999 e. The highest BCUT2D eigenvalue weighted by Gasteiger charge is 2.05. The minimum absolute atomic E-state index is 0.524. The van der Waals surface area contributed by atoms with Crippen molar-refractivity contribution in [2.45, 2.75) is 52.2 Å². The van der Waals surface area contributed by atoms with E-state index in [1.54, 1.807) is 0 Å². The number of aromatic nitrogens is 1. The highest BCUT2D eigenvalue weighted by Crippen LogP contribution is 2.13. The zero-order valence-corrected chi connectivity index (χ0v) is 10.2. The Bertz CT molecular complexity index is 326. The summed E-state index contributed by atoms with van der Waals surface area (Å²) in [6.07, 6.45) is 4.12. The van der Waals surface area contributed by atoms with Crippen molar-refractivity contribution in [2.75, 3.05) is 0 Å². The summed E-state index contributed by atoms with van der Waals surface area (Å²) in [4.78, 5) is 4.37. The van der Waals surface area contributed by atoms with E-state index < -0.39 is 6.17 Å². The van der Waals surface area contributed by atoms with Crippen LogP contribution in [-0.2, 0) is 13.0 Å². The summed E-state index contributed by atoms with van der Waals surface area (Å²) in [5.74, 6) is 0. The van der Waals surface area contributed by atoms with E-state index >= 15 is 0 Å².